The van der Waals surface area contributed by atoms with E-state index in [1.165, 1.54) is 19.2 Å². The number of fused-ring (bicyclic) bond motifs is 2. The number of methoxy groups -OCH3 is 1. The zero-order valence-corrected chi connectivity index (χ0v) is 23.2. The number of aryl methyl sites for hydroxylation is 1. The Morgan fingerprint density at radius 2 is 1.67 bits per heavy atom. The Morgan fingerprint density at radius 1 is 0.952 bits per heavy atom. The van der Waals surface area contributed by atoms with Crippen molar-refractivity contribution in [3.05, 3.63) is 89.8 Å². The van der Waals surface area contributed by atoms with E-state index in [0.717, 1.165) is 29.8 Å². The molecule has 0 heterocycles. The highest BCUT2D eigenvalue weighted by atomic mass is 32.2. The van der Waals surface area contributed by atoms with Gasteiger partial charge in [0.05, 0.1) is 23.5 Å². The Bertz CT molecular complexity index is 1700. The quantitative estimate of drug-likeness (QED) is 0.269. The second kappa shape index (κ2) is 10.9. The number of allylic oxidation sites excluding steroid dienone is 1. The molecular weight excluding hydrogens is 576 g/mol. The summed E-state index contributed by atoms with van der Waals surface area (Å²) in [5.74, 6) is -3.02. The molecule has 0 aromatic heterocycles. The molecule has 2 aliphatic rings. The lowest BCUT2D eigenvalue weighted by Gasteiger charge is -2.28. The summed E-state index contributed by atoms with van der Waals surface area (Å²) < 4.78 is 83.1. The van der Waals surface area contributed by atoms with Crippen molar-refractivity contribution >= 4 is 27.3 Å². The summed E-state index contributed by atoms with van der Waals surface area (Å²) in [7, 11) is -4.31. The standard InChI is InChI=1S/C30H26F4N2O5S/c1-16-6-3-4-9-21(16)22-14-23(25(41-2)15-24(22)31)28(37)36-27-18-11-10-17(12-18)26(27)29(38)35-19-7-5-8-20(13-19)42(39,40)30(32,33)34/h3-11,13-15,17-18,26-27H,12H2,1-2H3,(H,35,38)(H,36,37)/t17-,18+,26+,27-/m1/s1. The minimum Gasteiger partial charge on any atom is -0.496 e. The lowest BCUT2D eigenvalue weighted by Crippen LogP contribution is -2.47. The monoisotopic (exact) mass is 602 g/mol. The van der Waals surface area contributed by atoms with Gasteiger partial charge >= 0.3 is 5.51 Å². The van der Waals surface area contributed by atoms with E-state index in [0.29, 0.717) is 12.0 Å². The lowest BCUT2D eigenvalue weighted by molar-refractivity contribution is -0.121. The van der Waals surface area contributed by atoms with Crippen LogP contribution in [-0.4, -0.2) is 38.9 Å². The summed E-state index contributed by atoms with van der Waals surface area (Å²) in [5.41, 5.74) is -3.97. The number of halogens is 4. The number of rotatable bonds is 7. The van der Waals surface area contributed by atoms with Crippen LogP contribution in [-0.2, 0) is 14.6 Å². The minimum absolute atomic E-state index is 0.00437. The van der Waals surface area contributed by atoms with Gasteiger partial charge in [-0.2, -0.15) is 13.2 Å². The highest BCUT2D eigenvalue weighted by Crippen LogP contribution is 2.45. The van der Waals surface area contributed by atoms with Crippen molar-refractivity contribution < 1.29 is 40.3 Å². The van der Waals surface area contributed by atoms with Crippen LogP contribution < -0.4 is 15.4 Å². The summed E-state index contributed by atoms with van der Waals surface area (Å²) in [5, 5.41) is 5.40. The second-order valence-electron chi connectivity index (χ2n) is 10.3. The fourth-order valence-electron chi connectivity index (χ4n) is 5.69. The van der Waals surface area contributed by atoms with Crippen LogP contribution in [0, 0.1) is 30.5 Å². The molecule has 220 valence electrons. The van der Waals surface area contributed by atoms with Gasteiger partial charge in [-0.25, -0.2) is 12.8 Å². The summed E-state index contributed by atoms with van der Waals surface area (Å²) in [6.07, 6.45) is 4.29. The smallest absolute Gasteiger partial charge is 0.496 e. The summed E-state index contributed by atoms with van der Waals surface area (Å²) in [6, 6.07) is 12.9. The molecule has 1 fully saturated rings. The Kier molecular flexibility index (Phi) is 7.61. The largest absolute Gasteiger partial charge is 0.501 e. The van der Waals surface area contributed by atoms with Crippen LogP contribution in [0.25, 0.3) is 11.1 Å². The zero-order chi connectivity index (χ0) is 30.4. The third kappa shape index (κ3) is 5.26. The molecule has 0 unspecified atom stereocenters. The molecule has 2 bridgehead atoms. The fourth-order valence-corrected chi connectivity index (χ4v) is 6.50. The molecule has 4 atom stereocenters. The molecule has 2 amide bonds. The van der Waals surface area contributed by atoms with Crippen molar-refractivity contribution in [2.75, 3.05) is 12.4 Å². The number of hydrogen-bond donors (Lipinski definition) is 2. The number of benzene rings is 3. The van der Waals surface area contributed by atoms with Crippen molar-refractivity contribution in [3.8, 4) is 16.9 Å². The van der Waals surface area contributed by atoms with Crippen LogP contribution in [0.3, 0.4) is 0 Å². The third-order valence-corrected chi connectivity index (χ3v) is 9.23. The summed E-state index contributed by atoms with van der Waals surface area (Å²) >= 11 is 0. The number of sulfone groups is 1. The maximum absolute atomic E-state index is 15.0. The number of carbonyl (C=O) groups is 2. The van der Waals surface area contributed by atoms with Crippen LogP contribution in [0.5, 0.6) is 5.75 Å². The molecule has 5 rings (SSSR count). The molecule has 7 nitrogen and oxygen atoms in total. The molecule has 0 saturated heterocycles. The van der Waals surface area contributed by atoms with Gasteiger partial charge in [-0.05, 0) is 60.6 Å². The van der Waals surface area contributed by atoms with Crippen LogP contribution in [0.4, 0.5) is 23.2 Å². The van der Waals surface area contributed by atoms with Crippen molar-refractivity contribution in [1.29, 1.82) is 0 Å². The number of carbonyl (C=O) groups excluding carboxylic acids is 2. The van der Waals surface area contributed by atoms with Gasteiger partial charge in [0, 0.05) is 23.4 Å². The molecule has 2 aliphatic carbocycles. The Labute approximate surface area is 239 Å². The van der Waals surface area contributed by atoms with Crippen LogP contribution in [0.1, 0.15) is 22.3 Å². The van der Waals surface area contributed by atoms with Crippen molar-refractivity contribution in [2.24, 2.45) is 17.8 Å². The van der Waals surface area contributed by atoms with Gasteiger partial charge in [0.2, 0.25) is 5.91 Å². The van der Waals surface area contributed by atoms with E-state index in [9.17, 15) is 31.2 Å². The fraction of sp³-hybridized carbons (Fsp3) is 0.267. The zero-order valence-electron chi connectivity index (χ0n) is 22.4. The van der Waals surface area contributed by atoms with Gasteiger partial charge in [-0.3, -0.25) is 9.59 Å². The first-order valence-corrected chi connectivity index (χ1v) is 14.4. The predicted octanol–water partition coefficient (Wildman–Crippen LogP) is 5.66. The number of anilines is 1. The molecule has 0 radical (unpaired) electrons. The molecule has 3 aromatic rings. The molecule has 0 spiro atoms. The van der Waals surface area contributed by atoms with Crippen LogP contribution in [0.2, 0.25) is 0 Å². The molecule has 3 aromatic carbocycles. The number of ether oxygens (including phenoxy) is 1. The van der Waals surface area contributed by atoms with Gasteiger partial charge < -0.3 is 15.4 Å². The van der Waals surface area contributed by atoms with Crippen molar-refractivity contribution in [3.63, 3.8) is 0 Å². The first kappa shape index (κ1) is 29.3. The van der Waals surface area contributed by atoms with Crippen LogP contribution >= 0.6 is 0 Å². The number of alkyl halides is 3. The second-order valence-corrected chi connectivity index (χ2v) is 12.2. The van der Waals surface area contributed by atoms with E-state index < -0.39 is 49.8 Å². The highest BCUT2D eigenvalue weighted by Gasteiger charge is 2.49. The average molecular weight is 603 g/mol. The SMILES string of the molecule is COc1cc(F)c(-c2ccccc2C)cc1C(=O)N[C@H]1[C@@H](C(=O)Nc2cccc(S(=O)(=O)C(F)(F)F)c2)[C@@H]2C=C[C@H]1C2. The van der Waals surface area contributed by atoms with Gasteiger partial charge in [-0.15, -0.1) is 0 Å². The van der Waals surface area contributed by atoms with E-state index in [4.69, 9.17) is 4.74 Å². The molecular formula is C30H26F4N2O5S. The Hall–Kier alpha value is -4.19. The Balaban J connectivity index is 1.41. The maximum atomic E-state index is 15.0. The topological polar surface area (TPSA) is 102 Å². The first-order valence-electron chi connectivity index (χ1n) is 13.0. The number of amides is 2. The maximum Gasteiger partial charge on any atom is 0.501 e. The van der Waals surface area contributed by atoms with E-state index in [2.05, 4.69) is 10.6 Å². The molecule has 12 heteroatoms. The highest BCUT2D eigenvalue weighted by molar-refractivity contribution is 7.92. The third-order valence-electron chi connectivity index (χ3n) is 7.75. The summed E-state index contributed by atoms with van der Waals surface area (Å²) in [4.78, 5) is 26.0. The lowest BCUT2D eigenvalue weighted by atomic mass is 9.87. The number of nitrogens with one attached hydrogen (secondary N) is 2. The van der Waals surface area contributed by atoms with Crippen molar-refractivity contribution in [1.82, 2.24) is 5.32 Å². The van der Waals surface area contributed by atoms with E-state index in [1.807, 2.05) is 31.2 Å². The van der Waals surface area contributed by atoms with Gasteiger partial charge in [0.15, 0.2) is 0 Å². The van der Waals surface area contributed by atoms with Gasteiger partial charge in [0.25, 0.3) is 15.7 Å². The average Bonchev–Trinajstić information content (AvgIpc) is 3.55. The molecule has 0 aliphatic heterocycles. The molecule has 2 N–H and O–H groups in total. The number of hydrogen-bond acceptors (Lipinski definition) is 5. The van der Waals surface area contributed by atoms with Gasteiger partial charge in [0.1, 0.15) is 11.6 Å². The summed E-state index contributed by atoms with van der Waals surface area (Å²) in [6.45, 7) is 1.82. The van der Waals surface area contributed by atoms with E-state index in [1.54, 1.807) is 12.1 Å². The predicted molar refractivity (Wildman–Crippen MR) is 147 cm³/mol. The van der Waals surface area contributed by atoms with Crippen LogP contribution in [0.15, 0.2) is 77.7 Å². The Morgan fingerprint density at radius 3 is 2.36 bits per heavy atom. The van der Waals surface area contributed by atoms with Gasteiger partial charge in [-0.1, -0.05) is 42.5 Å². The molecule has 42 heavy (non-hydrogen) atoms. The first-order chi connectivity index (χ1) is 19.8. The molecule has 1 saturated carbocycles. The normalized spacial score (nSPS) is 21.3. The minimum atomic E-state index is -5.61. The van der Waals surface area contributed by atoms with E-state index >= 15 is 4.39 Å². The van der Waals surface area contributed by atoms with Crippen molar-refractivity contribution in [2.45, 2.75) is 29.8 Å². The van der Waals surface area contributed by atoms with E-state index in [-0.39, 0.29) is 34.4 Å².